The molecule has 1 nitrogen and oxygen atoms in total. The summed E-state index contributed by atoms with van der Waals surface area (Å²) in [6.45, 7) is -0.499. The van der Waals surface area contributed by atoms with Gasteiger partial charge in [0.15, 0.2) is 29.1 Å². The van der Waals surface area contributed by atoms with Crippen molar-refractivity contribution in [3.05, 3.63) is 58.9 Å². The van der Waals surface area contributed by atoms with Crippen LogP contribution in [0.15, 0.2) is 24.3 Å². The fraction of sp³-hybridized carbons (Fsp3) is 0.200. The lowest BCUT2D eigenvalue weighted by Crippen LogP contribution is -2.61. The minimum absolute atomic E-state index is 0.0811. The van der Waals surface area contributed by atoms with E-state index in [1.165, 1.54) is 0 Å². The van der Waals surface area contributed by atoms with E-state index in [2.05, 4.69) is 0 Å². The third kappa shape index (κ3) is 1.95. The molecule has 1 aliphatic heterocycles. The maximum absolute atomic E-state index is 14.2. The molecule has 0 bridgehead atoms. The molecule has 0 saturated carbocycles. The first-order valence-electron chi connectivity index (χ1n) is 6.67. The second-order valence-corrected chi connectivity index (χ2v) is 6.02. The molecule has 3 rings (SSSR count). The van der Waals surface area contributed by atoms with Gasteiger partial charge in [-0.15, -0.1) is 0 Å². The van der Waals surface area contributed by atoms with E-state index < -0.39 is 41.4 Å². The molecular formula is C15H12BF5N+. The summed E-state index contributed by atoms with van der Waals surface area (Å²) >= 11 is 0. The van der Waals surface area contributed by atoms with Gasteiger partial charge < -0.3 is 4.39 Å². The van der Waals surface area contributed by atoms with Crippen molar-refractivity contribution in [2.45, 2.75) is 6.54 Å². The molecule has 0 amide bonds. The smallest absolute Gasteiger partial charge is 0.386 e. The van der Waals surface area contributed by atoms with Gasteiger partial charge in [-0.2, -0.15) is 0 Å². The van der Waals surface area contributed by atoms with E-state index in [9.17, 15) is 22.0 Å². The van der Waals surface area contributed by atoms with Gasteiger partial charge in [0.05, 0.1) is 12.0 Å². The molecule has 0 aliphatic carbocycles. The molecule has 2 aromatic carbocycles. The van der Waals surface area contributed by atoms with E-state index >= 15 is 0 Å². The fourth-order valence-corrected chi connectivity index (χ4v) is 3.22. The Hall–Kier alpha value is -1.89. The van der Waals surface area contributed by atoms with Gasteiger partial charge in [0, 0.05) is 25.1 Å². The van der Waals surface area contributed by atoms with Crippen molar-refractivity contribution in [1.82, 2.24) is 0 Å². The highest BCUT2D eigenvalue weighted by molar-refractivity contribution is 6.80. The van der Waals surface area contributed by atoms with Crippen LogP contribution in [0.3, 0.4) is 0 Å². The van der Waals surface area contributed by atoms with Crippen molar-refractivity contribution in [1.29, 1.82) is 0 Å². The summed E-state index contributed by atoms with van der Waals surface area (Å²) in [6.07, 6.45) is 0. The maximum atomic E-state index is 14.2. The molecule has 2 aromatic rings. The lowest BCUT2D eigenvalue weighted by atomic mass is 9.49. The minimum atomic E-state index is -2.13. The average Bonchev–Trinajstić information content (AvgIpc) is 2.74. The van der Waals surface area contributed by atoms with Gasteiger partial charge in [-0.05, 0) is 0 Å². The van der Waals surface area contributed by atoms with Gasteiger partial charge in [0.1, 0.15) is 0 Å². The van der Waals surface area contributed by atoms with Crippen LogP contribution >= 0.6 is 0 Å². The van der Waals surface area contributed by atoms with Gasteiger partial charge in [-0.25, -0.2) is 22.0 Å². The molecule has 0 atom stereocenters. The number of halogens is 5. The molecule has 1 heterocycles. The van der Waals surface area contributed by atoms with E-state index in [1.54, 1.807) is 38.4 Å². The Morgan fingerprint density at radius 1 is 0.818 bits per heavy atom. The summed E-state index contributed by atoms with van der Waals surface area (Å²) in [5.74, 6) is -9.46. The maximum Gasteiger partial charge on any atom is 0.482 e. The van der Waals surface area contributed by atoms with Crippen LogP contribution in [0, 0.1) is 29.1 Å². The minimum Gasteiger partial charge on any atom is -0.386 e. The molecule has 114 valence electrons. The van der Waals surface area contributed by atoms with Gasteiger partial charge in [-0.3, -0.25) is 0 Å². The SMILES string of the molecule is C[N+]1(C)Cc2ccccc2B1c1c(F)c(F)c(F)c(F)c1F. The summed E-state index contributed by atoms with van der Waals surface area (Å²) in [6, 6.07) is 6.91. The predicted octanol–water partition coefficient (Wildman–Crippen LogP) is 2.08. The summed E-state index contributed by atoms with van der Waals surface area (Å²) in [5, 5.41) is 0. The molecule has 0 radical (unpaired) electrons. The monoisotopic (exact) mass is 312 g/mol. The number of fused-ring (bicyclic) bond motifs is 1. The van der Waals surface area contributed by atoms with E-state index in [0.717, 1.165) is 5.56 Å². The van der Waals surface area contributed by atoms with Crippen LogP contribution in [0.2, 0.25) is 0 Å². The van der Waals surface area contributed by atoms with Gasteiger partial charge in [0.25, 0.3) is 0 Å². The first kappa shape index (κ1) is 15.0. The van der Waals surface area contributed by atoms with Crippen LogP contribution in [0.25, 0.3) is 0 Å². The third-order valence-electron chi connectivity index (χ3n) is 4.14. The van der Waals surface area contributed by atoms with E-state index in [0.29, 0.717) is 12.0 Å². The molecule has 7 heteroatoms. The standard InChI is InChI=1S/C15H12BF5N/c1-22(2)7-8-5-3-4-6-9(8)16(22)10-11(17)13(19)15(21)14(20)12(10)18/h3-6H,7H2,1-2H3/q+1. The second-order valence-electron chi connectivity index (χ2n) is 6.02. The molecule has 0 fully saturated rings. The molecule has 0 spiro atoms. The van der Waals surface area contributed by atoms with Crippen molar-refractivity contribution in [2.24, 2.45) is 0 Å². The fourth-order valence-electron chi connectivity index (χ4n) is 3.22. The highest BCUT2D eigenvalue weighted by Gasteiger charge is 2.51. The molecule has 22 heavy (non-hydrogen) atoms. The van der Waals surface area contributed by atoms with Crippen molar-refractivity contribution in [3.8, 4) is 0 Å². The highest BCUT2D eigenvalue weighted by atomic mass is 19.2. The highest BCUT2D eigenvalue weighted by Crippen LogP contribution is 2.24. The summed E-state index contributed by atoms with van der Waals surface area (Å²) in [7, 11) is 3.39. The predicted molar refractivity (Wildman–Crippen MR) is 73.5 cm³/mol. The van der Waals surface area contributed by atoms with Gasteiger partial charge in [0.2, 0.25) is 0 Å². The number of quaternary nitrogens is 1. The number of hydrogen-bond donors (Lipinski definition) is 0. The Morgan fingerprint density at radius 2 is 1.32 bits per heavy atom. The van der Waals surface area contributed by atoms with E-state index in [4.69, 9.17) is 0 Å². The van der Waals surface area contributed by atoms with Crippen LogP contribution in [0.1, 0.15) is 5.56 Å². The van der Waals surface area contributed by atoms with Crippen molar-refractivity contribution in [2.75, 3.05) is 14.1 Å². The normalized spacial score (nSPS) is 16.0. The Labute approximate surface area is 124 Å². The lowest BCUT2D eigenvalue weighted by Gasteiger charge is -2.30. The van der Waals surface area contributed by atoms with Crippen molar-refractivity contribution < 1.29 is 26.3 Å². The first-order valence-corrected chi connectivity index (χ1v) is 6.67. The van der Waals surface area contributed by atoms with E-state index in [1.807, 2.05) is 0 Å². The van der Waals surface area contributed by atoms with Crippen LogP contribution in [0.4, 0.5) is 22.0 Å². The van der Waals surface area contributed by atoms with Gasteiger partial charge in [-0.1, -0.05) is 24.3 Å². The summed E-state index contributed by atoms with van der Waals surface area (Å²) in [5.41, 5.74) is 0.642. The van der Waals surface area contributed by atoms with Crippen molar-refractivity contribution in [3.63, 3.8) is 0 Å². The molecule has 0 unspecified atom stereocenters. The van der Waals surface area contributed by atoms with Crippen LogP contribution in [-0.2, 0) is 6.54 Å². The molecule has 0 saturated heterocycles. The summed E-state index contributed by atoms with van der Waals surface area (Å²) < 4.78 is 68.7. The zero-order chi connectivity index (χ0) is 16.2. The number of hydrogen-bond acceptors (Lipinski definition) is 0. The Balaban J connectivity index is 2.32. The number of benzene rings is 2. The zero-order valence-corrected chi connectivity index (χ0v) is 11.9. The summed E-state index contributed by atoms with van der Waals surface area (Å²) in [4.78, 5) is 0. The van der Waals surface area contributed by atoms with Crippen LogP contribution in [-0.4, -0.2) is 25.3 Å². The van der Waals surface area contributed by atoms with Crippen LogP contribution < -0.4 is 10.9 Å². The molecule has 0 aromatic heterocycles. The molecule has 0 N–H and O–H groups in total. The van der Waals surface area contributed by atoms with E-state index in [-0.39, 0.29) is 4.39 Å². The molecule has 1 aliphatic rings. The quantitative estimate of drug-likeness (QED) is 0.327. The lowest BCUT2D eigenvalue weighted by molar-refractivity contribution is -0.792. The third-order valence-corrected chi connectivity index (χ3v) is 4.14. The molecular weight excluding hydrogens is 300 g/mol. The Bertz CT molecular complexity index is 746. The average molecular weight is 312 g/mol. The van der Waals surface area contributed by atoms with Crippen LogP contribution in [0.5, 0.6) is 0 Å². The van der Waals surface area contributed by atoms with Crippen molar-refractivity contribution >= 4 is 17.8 Å². The first-order chi connectivity index (χ1) is 10.3. The largest absolute Gasteiger partial charge is 0.482 e. The van der Waals surface area contributed by atoms with Gasteiger partial charge >= 0.3 is 6.85 Å². The number of rotatable bonds is 1. The Morgan fingerprint density at radius 3 is 1.91 bits per heavy atom. The zero-order valence-electron chi connectivity index (χ0n) is 11.9. The number of nitrogens with zero attached hydrogens (tertiary/aromatic N) is 1. The topological polar surface area (TPSA) is 0 Å². The second kappa shape index (κ2) is 4.81. The Kier molecular flexibility index (Phi) is 3.29.